The van der Waals surface area contributed by atoms with Crippen molar-refractivity contribution in [3.8, 4) is 5.75 Å². The van der Waals surface area contributed by atoms with E-state index in [9.17, 15) is 4.39 Å². The number of benzene rings is 1. The molecule has 3 rings (SSSR count). The Morgan fingerprint density at radius 1 is 1.42 bits per heavy atom. The predicted octanol–water partition coefficient (Wildman–Crippen LogP) is 1.34. The molecule has 0 aliphatic carbocycles. The molecule has 1 aromatic heterocycles. The van der Waals surface area contributed by atoms with Crippen LogP contribution in [0.15, 0.2) is 29.1 Å². The van der Waals surface area contributed by atoms with E-state index in [1.807, 2.05) is 0 Å². The largest absolute Gasteiger partial charge is 0.488 e. The second kappa shape index (κ2) is 5.36. The molecule has 2 aromatic rings. The van der Waals surface area contributed by atoms with Crippen LogP contribution in [0.4, 0.5) is 4.39 Å². The second-order valence-corrected chi connectivity index (χ2v) is 4.50. The van der Waals surface area contributed by atoms with Crippen molar-refractivity contribution in [3.05, 3.63) is 41.8 Å². The van der Waals surface area contributed by atoms with Crippen molar-refractivity contribution >= 4 is 0 Å². The van der Waals surface area contributed by atoms with Gasteiger partial charge in [0.1, 0.15) is 17.7 Å². The normalized spacial score (nSPS) is 17.2. The fraction of sp³-hybridized carbons (Fsp3) is 0.385. The summed E-state index contributed by atoms with van der Waals surface area (Å²) >= 11 is 0. The van der Waals surface area contributed by atoms with Crippen LogP contribution in [0.3, 0.4) is 0 Å². The molecule has 19 heavy (non-hydrogen) atoms. The molecular formula is C13H14FN3O2. The lowest BCUT2D eigenvalue weighted by molar-refractivity contribution is 0.228. The number of hydrogen-bond donors (Lipinski definition) is 1. The van der Waals surface area contributed by atoms with Gasteiger partial charge in [0, 0.05) is 31.5 Å². The van der Waals surface area contributed by atoms with Gasteiger partial charge in [0.25, 0.3) is 0 Å². The van der Waals surface area contributed by atoms with Crippen molar-refractivity contribution in [1.82, 2.24) is 15.5 Å². The van der Waals surface area contributed by atoms with Crippen molar-refractivity contribution in [3.63, 3.8) is 0 Å². The molecule has 1 aliphatic heterocycles. The lowest BCUT2D eigenvalue weighted by atomic mass is 10.1. The summed E-state index contributed by atoms with van der Waals surface area (Å²) < 4.78 is 23.4. The lowest BCUT2D eigenvalue weighted by Crippen LogP contribution is -2.31. The number of hydrogen-bond acceptors (Lipinski definition) is 5. The molecule has 0 saturated heterocycles. The maximum absolute atomic E-state index is 13.1. The number of rotatable bonds is 5. The number of nitrogens with zero attached hydrogens (tertiary/aromatic N) is 2. The highest BCUT2D eigenvalue weighted by molar-refractivity contribution is 5.37. The third-order valence-electron chi connectivity index (χ3n) is 3.07. The molecule has 0 bridgehead atoms. The van der Waals surface area contributed by atoms with E-state index in [1.54, 1.807) is 6.07 Å². The molecule has 0 spiro atoms. The summed E-state index contributed by atoms with van der Waals surface area (Å²) in [6.07, 6.45) is 2.83. The minimum atomic E-state index is -0.215. The number of fused-ring (bicyclic) bond motifs is 1. The first-order valence-electron chi connectivity index (χ1n) is 6.22. The van der Waals surface area contributed by atoms with Gasteiger partial charge in [0.2, 0.25) is 6.39 Å². The SMILES string of the molecule is Fc1ccc2c(c1)CC(CNCCc1ncon1)O2. The molecular weight excluding hydrogens is 249 g/mol. The first kappa shape index (κ1) is 12.1. The van der Waals surface area contributed by atoms with E-state index < -0.39 is 0 Å². The van der Waals surface area contributed by atoms with Gasteiger partial charge in [-0.05, 0) is 18.2 Å². The van der Waals surface area contributed by atoms with E-state index in [1.165, 1.54) is 18.5 Å². The molecule has 1 aromatic carbocycles. The number of nitrogens with one attached hydrogen (secondary N) is 1. The zero-order chi connectivity index (χ0) is 13.1. The van der Waals surface area contributed by atoms with Gasteiger partial charge in [-0.3, -0.25) is 0 Å². The molecule has 2 heterocycles. The second-order valence-electron chi connectivity index (χ2n) is 4.50. The zero-order valence-electron chi connectivity index (χ0n) is 10.3. The summed E-state index contributed by atoms with van der Waals surface area (Å²) in [6, 6.07) is 4.64. The smallest absolute Gasteiger partial charge is 0.213 e. The van der Waals surface area contributed by atoms with E-state index in [-0.39, 0.29) is 11.9 Å². The van der Waals surface area contributed by atoms with Gasteiger partial charge in [0.15, 0.2) is 5.82 Å². The van der Waals surface area contributed by atoms with Crippen molar-refractivity contribution in [2.45, 2.75) is 18.9 Å². The van der Waals surface area contributed by atoms with Crippen LogP contribution in [0, 0.1) is 5.82 Å². The maximum Gasteiger partial charge on any atom is 0.213 e. The third kappa shape index (κ3) is 2.90. The standard InChI is InChI=1S/C13H14FN3O2/c14-10-1-2-12-9(5-10)6-11(19-12)7-15-4-3-13-16-8-18-17-13/h1-2,5,8,11,15H,3-4,6-7H2. The van der Waals surface area contributed by atoms with Gasteiger partial charge < -0.3 is 14.6 Å². The summed E-state index contributed by atoms with van der Waals surface area (Å²) in [4.78, 5) is 3.94. The van der Waals surface area contributed by atoms with Crippen LogP contribution in [0.1, 0.15) is 11.4 Å². The Kier molecular flexibility index (Phi) is 3.41. The quantitative estimate of drug-likeness (QED) is 0.825. The molecule has 1 aliphatic rings. The fourth-order valence-electron chi connectivity index (χ4n) is 2.17. The van der Waals surface area contributed by atoms with Gasteiger partial charge in [-0.1, -0.05) is 5.16 Å². The summed E-state index contributed by atoms with van der Waals surface area (Å²) in [7, 11) is 0. The molecule has 1 atom stereocenters. The van der Waals surface area contributed by atoms with E-state index in [4.69, 9.17) is 4.74 Å². The Morgan fingerprint density at radius 3 is 3.21 bits per heavy atom. The summed E-state index contributed by atoms with van der Waals surface area (Å²) in [5, 5.41) is 7.00. The van der Waals surface area contributed by atoms with Gasteiger partial charge in [-0.25, -0.2) is 4.39 Å². The highest BCUT2D eigenvalue weighted by Crippen LogP contribution is 2.28. The molecule has 1 unspecified atom stereocenters. The molecule has 0 fully saturated rings. The Bertz CT molecular complexity index is 545. The van der Waals surface area contributed by atoms with Gasteiger partial charge in [-0.2, -0.15) is 4.98 Å². The summed E-state index contributed by atoms with van der Waals surface area (Å²) in [5.41, 5.74) is 0.935. The monoisotopic (exact) mass is 263 g/mol. The van der Waals surface area contributed by atoms with Crippen molar-refractivity contribution in [2.75, 3.05) is 13.1 Å². The van der Waals surface area contributed by atoms with Crippen LogP contribution >= 0.6 is 0 Å². The molecule has 1 N–H and O–H groups in total. The lowest BCUT2D eigenvalue weighted by Gasteiger charge is -2.11. The van der Waals surface area contributed by atoms with Crippen LogP contribution in [-0.4, -0.2) is 29.3 Å². The fourth-order valence-corrected chi connectivity index (χ4v) is 2.17. The van der Waals surface area contributed by atoms with Gasteiger partial charge >= 0.3 is 0 Å². The third-order valence-corrected chi connectivity index (χ3v) is 3.07. The average Bonchev–Trinajstić information content (AvgIpc) is 3.02. The van der Waals surface area contributed by atoms with Crippen LogP contribution in [-0.2, 0) is 12.8 Å². The highest BCUT2D eigenvalue weighted by atomic mass is 19.1. The molecule has 100 valence electrons. The highest BCUT2D eigenvalue weighted by Gasteiger charge is 2.22. The molecule has 5 nitrogen and oxygen atoms in total. The van der Waals surface area contributed by atoms with Gasteiger partial charge in [0.05, 0.1) is 0 Å². The van der Waals surface area contributed by atoms with E-state index in [0.29, 0.717) is 18.8 Å². The Hall–Kier alpha value is -1.95. The number of ether oxygens (including phenoxy) is 1. The zero-order valence-corrected chi connectivity index (χ0v) is 10.3. The summed E-state index contributed by atoms with van der Waals surface area (Å²) in [5.74, 6) is 1.25. The average molecular weight is 263 g/mol. The minimum Gasteiger partial charge on any atom is -0.488 e. The number of halogens is 1. The van der Waals surface area contributed by atoms with Crippen LogP contribution in [0.5, 0.6) is 5.75 Å². The molecule has 6 heteroatoms. The van der Waals surface area contributed by atoms with Gasteiger partial charge in [-0.15, -0.1) is 0 Å². The Labute approximate surface area is 109 Å². The number of aromatic nitrogens is 2. The van der Waals surface area contributed by atoms with Crippen LogP contribution in [0.25, 0.3) is 0 Å². The molecule has 0 amide bonds. The topological polar surface area (TPSA) is 60.2 Å². The Morgan fingerprint density at radius 2 is 2.37 bits per heavy atom. The van der Waals surface area contributed by atoms with E-state index in [2.05, 4.69) is 20.0 Å². The Balaban J connectivity index is 1.43. The first-order valence-corrected chi connectivity index (χ1v) is 6.22. The van der Waals surface area contributed by atoms with Crippen molar-refractivity contribution in [1.29, 1.82) is 0 Å². The van der Waals surface area contributed by atoms with Crippen LogP contribution in [0.2, 0.25) is 0 Å². The molecule has 0 saturated carbocycles. The summed E-state index contributed by atoms with van der Waals surface area (Å²) in [6.45, 7) is 1.47. The van der Waals surface area contributed by atoms with E-state index >= 15 is 0 Å². The molecule has 0 radical (unpaired) electrons. The van der Waals surface area contributed by atoms with Crippen molar-refractivity contribution < 1.29 is 13.7 Å². The maximum atomic E-state index is 13.1. The van der Waals surface area contributed by atoms with E-state index in [0.717, 1.165) is 24.3 Å². The van der Waals surface area contributed by atoms with Crippen molar-refractivity contribution in [2.24, 2.45) is 0 Å². The minimum absolute atomic E-state index is 0.0575. The first-order chi connectivity index (χ1) is 9.31. The van der Waals surface area contributed by atoms with Crippen LogP contribution < -0.4 is 10.1 Å². The predicted molar refractivity (Wildman–Crippen MR) is 65.4 cm³/mol.